The fourth-order valence-electron chi connectivity index (χ4n) is 1.42. The Kier molecular flexibility index (Phi) is 4.35. The second-order valence-corrected chi connectivity index (χ2v) is 4.58. The number of hydrogen-bond donors (Lipinski definition) is 1. The van der Waals surface area contributed by atoms with Gasteiger partial charge < -0.3 is 15.2 Å². The topological polar surface area (TPSA) is 74.4 Å². The molecule has 0 atom stereocenters. The summed E-state index contributed by atoms with van der Waals surface area (Å²) in [5.41, 5.74) is 6.98. The molecule has 0 fully saturated rings. The number of esters is 1. The number of carbonyl (C=O) groups is 1. The van der Waals surface area contributed by atoms with Crippen LogP contribution in [0.25, 0.3) is 0 Å². The monoisotopic (exact) mass is 278 g/mol. The van der Waals surface area contributed by atoms with Crippen molar-refractivity contribution in [3.05, 3.63) is 40.3 Å². The second kappa shape index (κ2) is 6.19. The molecule has 1 heterocycles. The van der Waals surface area contributed by atoms with Crippen LogP contribution in [0.1, 0.15) is 22.4 Å². The Hall–Kier alpha value is -2.08. The smallest absolute Gasteiger partial charge is 0.367 e. The molecule has 2 N–H and O–H groups in total. The molecule has 0 aliphatic rings. The van der Waals surface area contributed by atoms with E-state index in [1.807, 2.05) is 12.1 Å². The molecule has 0 bridgehead atoms. The van der Waals surface area contributed by atoms with Crippen LogP contribution in [0.2, 0.25) is 0 Å². The van der Waals surface area contributed by atoms with Crippen LogP contribution in [0.15, 0.2) is 29.6 Å². The van der Waals surface area contributed by atoms with Crippen molar-refractivity contribution >= 4 is 23.0 Å². The predicted octanol–water partition coefficient (Wildman–Crippen LogP) is 2.48. The van der Waals surface area contributed by atoms with Gasteiger partial charge >= 0.3 is 5.97 Å². The molecular weight excluding hydrogens is 264 g/mol. The molecule has 0 aliphatic carbocycles. The normalized spacial score (nSPS) is 10.2. The second-order valence-electron chi connectivity index (χ2n) is 3.73. The van der Waals surface area contributed by atoms with Gasteiger partial charge in [-0.2, -0.15) is 0 Å². The largest absolute Gasteiger partial charge is 0.487 e. The standard InChI is InChI=1S/C13H14N2O3S/c1-2-17-13(16)12-15-10(8-19-12)7-18-11-5-3-4-9(14)6-11/h3-6,8H,2,7,14H2,1H3. The molecule has 19 heavy (non-hydrogen) atoms. The van der Waals surface area contributed by atoms with Gasteiger partial charge in [0.25, 0.3) is 0 Å². The fourth-order valence-corrected chi connectivity index (χ4v) is 2.11. The number of carbonyl (C=O) groups excluding carboxylic acids is 1. The SMILES string of the molecule is CCOC(=O)c1nc(COc2cccc(N)c2)cs1. The zero-order valence-electron chi connectivity index (χ0n) is 10.5. The number of rotatable bonds is 5. The lowest BCUT2D eigenvalue weighted by molar-refractivity contribution is 0.0525. The Bertz CT molecular complexity index is 569. The van der Waals surface area contributed by atoms with Gasteiger partial charge in [-0.05, 0) is 19.1 Å². The van der Waals surface area contributed by atoms with Crippen LogP contribution < -0.4 is 10.5 Å². The number of aromatic nitrogens is 1. The minimum atomic E-state index is -0.400. The summed E-state index contributed by atoms with van der Waals surface area (Å²) in [7, 11) is 0. The summed E-state index contributed by atoms with van der Waals surface area (Å²) in [5, 5.41) is 2.12. The maximum atomic E-state index is 11.4. The number of ether oxygens (including phenoxy) is 2. The third-order valence-electron chi connectivity index (χ3n) is 2.25. The summed E-state index contributed by atoms with van der Waals surface area (Å²) in [6.07, 6.45) is 0. The Morgan fingerprint density at radius 3 is 3.05 bits per heavy atom. The van der Waals surface area contributed by atoms with Gasteiger partial charge in [-0.3, -0.25) is 0 Å². The van der Waals surface area contributed by atoms with Crippen LogP contribution in [0.5, 0.6) is 5.75 Å². The van der Waals surface area contributed by atoms with Gasteiger partial charge in [0.05, 0.1) is 12.3 Å². The summed E-state index contributed by atoms with van der Waals surface area (Å²) in [5.74, 6) is 0.272. The van der Waals surface area contributed by atoms with Crippen molar-refractivity contribution in [1.29, 1.82) is 0 Å². The number of nitrogens with two attached hydrogens (primary N) is 1. The van der Waals surface area contributed by atoms with E-state index in [1.165, 1.54) is 11.3 Å². The Morgan fingerprint density at radius 2 is 2.32 bits per heavy atom. The van der Waals surface area contributed by atoms with E-state index in [9.17, 15) is 4.79 Å². The fraction of sp³-hybridized carbons (Fsp3) is 0.231. The lowest BCUT2D eigenvalue weighted by Crippen LogP contribution is -2.04. The first kappa shape index (κ1) is 13.4. The molecular formula is C13H14N2O3S. The van der Waals surface area contributed by atoms with Crippen LogP contribution in [-0.2, 0) is 11.3 Å². The lowest BCUT2D eigenvalue weighted by Gasteiger charge is -2.04. The van der Waals surface area contributed by atoms with E-state index in [2.05, 4.69) is 4.98 Å². The van der Waals surface area contributed by atoms with E-state index in [0.29, 0.717) is 35.4 Å². The molecule has 5 nitrogen and oxygen atoms in total. The summed E-state index contributed by atoms with van der Waals surface area (Å²) < 4.78 is 10.4. The number of hydrogen-bond acceptors (Lipinski definition) is 6. The van der Waals surface area contributed by atoms with Crippen LogP contribution in [-0.4, -0.2) is 17.6 Å². The zero-order valence-corrected chi connectivity index (χ0v) is 11.3. The van der Waals surface area contributed by atoms with Crippen LogP contribution in [0, 0.1) is 0 Å². The number of benzene rings is 1. The minimum absolute atomic E-state index is 0.291. The highest BCUT2D eigenvalue weighted by Crippen LogP contribution is 2.17. The van der Waals surface area contributed by atoms with Crippen molar-refractivity contribution in [2.45, 2.75) is 13.5 Å². The van der Waals surface area contributed by atoms with Crippen molar-refractivity contribution in [1.82, 2.24) is 4.98 Å². The van der Waals surface area contributed by atoms with Gasteiger partial charge in [-0.1, -0.05) is 6.07 Å². The van der Waals surface area contributed by atoms with Crippen molar-refractivity contribution < 1.29 is 14.3 Å². The number of anilines is 1. The van der Waals surface area contributed by atoms with E-state index < -0.39 is 5.97 Å². The average Bonchev–Trinajstić information content (AvgIpc) is 2.86. The molecule has 100 valence electrons. The molecule has 0 radical (unpaired) electrons. The van der Waals surface area contributed by atoms with Crippen LogP contribution in [0.3, 0.4) is 0 Å². The summed E-state index contributed by atoms with van der Waals surface area (Å²) in [4.78, 5) is 15.6. The van der Waals surface area contributed by atoms with E-state index in [4.69, 9.17) is 15.2 Å². The first-order valence-corrected chi connectivity index (χ1v) is 6.67. The van der Waals surface area contributed by atoms with E-state index in [1.54, 1.807) is 24.4 Å². The maximum absolute atomic E-state index is 11.4. The van der Waals surface area contributed by atoms with Crippen molar-refractivity contribution in [2.24, 2.45) is 0 Å². The van der Waals surface area contributed by atoms with E-state index in [-0.39, 0.29) is 0 Å². The number of nitrogens with zero attached hydrogens (tertiary/aromatic N) is 1. The first-order chi connectivity index (χ1) is 9.19. The molecule has 6 heteroatoms. The summed E-state index contributed by atoms with van der Waals surface area (Å²) >= 11 is 1.25. The Balaban J connectivity index is 1.95. The number of nitrogen functional groups attached to an aromatic ring is 1. The lowest BCUT2D eigenvalue weighted by atomic mass is 10.3. The van der Waals surface area contributed by atoms with Gasteiger partial charge in [-0.25, -0.2) is 9.78 Å². The Labute approximate surface area is 115 Å². The van der Waals surface area contributed by atoms with Gasteiger partial charge in [0.2, 0.25) is 5.01 Å². The number of thiazole rings is 1. The highest BCUT2D eigenvalue weighted by molar-refractivity contribution is 7.11. The van der Waals surface area contributed by atoms with Crippen LogP contribution >= 0.6 is 11.3 Å². The molecule has 0 aliphatic heterocycles. The highest BCUT2D eigenvalue weighted by atomic mass is 32.1. The maximum Gasteiger partial charge on any atom is 0.367 e. The van der Waals surface area contributed by atoms with Gasteiger partial charge in [0.15, 0.2) is 0 Å². The highest BCUT2D eigenvalue weighted by Gasteiger charge is 2.12. The summed E-state index contributed by atoms with van der Waals surface area (Å²) in [6.45, 7) is 2.39. The van der Waals surface area contributed by atoms with E-state index >= 15 is 0 Å². The molecule has 0 spiro atoms. The predicted molar refractivity (Wildman–Crippen MR) is 73.3 cm³/mol. The molecule has 1 aromatic carbocycles. The molecule has 0 unspecified atom stereocenters. The van der Waals surface area contributed by atoms with Gasteiger partial charge in [0, 0.05) is 17.1 Å². The molecule has 2 aromatic rings. The molecule has 1 aromatic heterocycles. The summed E-state index contributed by atoms with van der Waals surface area (Å²) in [6, 6.07) is 7.15. The molecule has 0 saturated heterocycles. The molecule has 0 saturated carbocycles. The molecule has 0 amide bonds. The zero-order chi connectivity index (χ0) is 13.7. The quantitative estimate of drug-likeness (QED) is 0.671. The molecule has 2 rings (SSSR count). The Morgan fingerprint density at radius 1 is 1.47 bits per heavy atom. The first-order valence-electron chi connectivity index (χ1n) is 5.79. The van der Waals surface area contributed by atoms with Crippen molar-refractivity contribution in [3.8, 4) is 5.75 Å². The van der Waals surface area contributed by atoms with Gasteiger partial charge in [-0.15, -0.1) is 11.3 Å². The van der Waals surface area contributed by atoms with Gasteiger partial charge in [0.1, 0.15) is 12.4 Å². The average molecular weight is 278 g/mol. The van der Waals surface area contributed by atoms with Crippen molar-refractivity contribution in [2.75, 3.05) is 12.3 Å². The van der Waals surface area contributed by atoms with E-state index in [0.717, 1.165) is 0 Å². The third kappa shape index (κ3) is 3.69. The minimum Gasteiger partial charge on any atom is -0.487 e. The third-order valence-corrected chi connectivity index (χ3v) is 3.12. The van der Waals surface area contributed by atoms with Crippen LogP contribution in [0.4, 0.5) is 5.69 Å². The van der Waals surface area contributed by atoms with Crippen molar-refractivity contribution in [3.63, 3.8) is 0 Å².